The predicted octanol–water partition coefficient (Wildman–Crippen LogP) is 3.50. The Hall–Kier alpha value is -1.10. The highest BCUT2D eigenvalue weighted by Gasteiger charge is 2.52. The normalized spacial score (nSPS) is 35.9. The fourth-order valence-corrected chi connectivity index (χ4v) is 5.76. The summed E-state index contributed by atoms with van der Waals surface area (Å²) in [6.45, 7) is 4.17. The Balaban J connectivity index is 1.51. The molecule has 0 spiro atoms. The average molecular weight is 318 g/mol. The lowest BCUT2D eigenvalue weighted by atomic mass is 9.53. The third-order valence-corrected chi connectivity index (χ3v) is 5.96. The Bertz CT molecular complexity index is 542. The van der Waals surface area contributed by atoms with Gasteiger partial charge in [0.15, 0.2) is 10.9 Å². The van der Waals surface area contributed by atoms with Crippen molar-refractivity contribution in [1.82, 2.24) is 15.1 Å². The maximum absolute atomic E-state index is 5.32. The zero-order valence-electron chi connectivity index (χ0n) is 13.5. The van der Waals surface area contributed by atoms with E-state index >= 15 is 0 Å². The first-order chi connectivity index (χ1) is 10.5. The van der Waals surface area contributed by atoms with Crippen LogP contribution in [0.5, 0.6) is 0 Å². The molecule has 0 unspecified atom stereocenters. The molecule has 1 aromatic rings. The van der Waals surface area contributed by atoms with Gasteiger partial charge in [-0.3, -0.25) is 4.68 Å². The first-order valence-corrected chi connectivity index (χ1v) is 9.07. The standard InChI is InChI=1S/C17H26N4S/c1-11(2)18-16(22)19-15-3-4-21(20-15)17-8-12-5-13(9-17)7-14(6-12)10-17/h3-4,11-14H,5-10H2,1-2H3,(H2,18,19,20,22). The van der Waals surface area contributed by atoms with Crippen molar-refractivity contribution < 1.29 is 0 Å². The van der Waals surface area contributed by atoms with E-state index in [0.717, 1.165) is 23.6 Å². The highest BCUT2D eigenvalue weighted by Crippen LogP contribution is 2.58. The van der Waals surface area contributed by atoms with Gasteiger partial charge in [0.2, 0.25) is 0 Å². The number of anilines is 1. The summed E-state index contributed by atoms with van der Waals surface area (Å²) in [5.41, 5.74) is 0.293. The van der Waals surface area contributed by atoms with Gasteiger partial charge in [-0.15, -0.1) is 0 Å². The summed E-state index contributed by atoms with van der Waals surface area (Å²) in [4.78, 5) is 0. The third kappa shape index (κ3) is 2.53. The van der Waals surface area contributed by atoms with Crippen LogP contribution in [0, 0.1) is 17.8 Å². The molecule has 1 heterocycles. The van der Waals surface area contributed by atoms with Crippen molar-refractivity contribution in [3.63, 3.8) is 0 Å². The Morgan fingerprint density at radius 2 is 1.82 bits per heavy atom. The lowest BCUT2D eigenvalue weighted by Gasteiger charge is -2.56. The van der Waals surface area contributed by atoms with Gasteiger partial charge in [0.05, 0.1) is 5.54 Å². The number of nitrogens with one attached hydrogen (secondary N) is 2. The van der Waals surface area contributed by atoms with Gasteiger partial charge in [0.1, 0.15) is 0 Å². The van der Waals surface area contributed by atoms with Crippen LogP contribution in [0.1, 0.15) is 52.4 Å². The minimum Gasteiger partial charge on any atom is -0.360 e. The maximum atomic E-state index is 5.32. The van der Waals surface area contributed by atoms with Crippen molar-refractivity contribution in [2.75, 3.05) is 5.32 Å². The van der Waals surface area contributed by atoms with Crippen molar-refractivity contribution in [3.05, 3.63) is 12.3 Å². The molecule has 5 rings (SSSR count). The molecule has 0 atom stereocenters. The highest BCUT2D eigenvalue weighted by atomic mass is 32.1. The van der Waals surface area contributed by atoms with Crippen molar-refractivity contribution in [1.29, 1.82) is 0 Å². The van der Waals surface area contributed by atoms with Crippen LogP contribution in [-0.4, -0.2) is 20.9 Å². The van der Waals surface area contributed by atoms with Gasteiger partial charge in [-0.1, -0.05) is 0 Å². The summed E-state index contributed by atoms with van der Waals surface area (Å²) in [7, 11) is 0. The van der Waals surface area contributed by atoms with E-state index in [0.29, 0.717) is 16.7 Å². The molecule has 22 heavy (non-hydrogen) atoms. The van der Waals surface area contributed by atoms with Gasteiger partial charge in [0, 0.05) is 18.3 Å². The van der Waals surface area contributed by atoms with E-state index in [2.05, 4.69) is 41.4 Å². The zero-order chi connectivity index (χ0) is 15.3. The van der Waals surface area contributed by atoms with Gasteiger partial charge < -0.3 is 10.6 Å². The van der Waals surface area contributed by atoms with Crippen LogP contribution in [0.3, 0.4) is 0 Å². The number of thiocarbonyl (C=S) groups is 1. The van der Waals surface area contributed by atoms with Gasteiger partial charge in [-0.05, 0) is 82.3 Å². The largest absolute Gasteiger partial charge is 0.360 e. The van der Waals surface area contributed by atoms with Crippen molar-refractivity contribution >= 4 is 23.1 Å². The second kappa shape index (κ2) is 5.22. The molecule has 2 N–H and O–H groups in total. The molecule has 0 saturated heterocycles. The molecule has 4 saturated carbocycles. The van der Waals surface area contributed by atoms with E-state index < -0.39 is 0 Å². The van der Waals surface area contributed by atoms with Crippen LogP contribution < -0.4 is 10.6 Å². The molecule has 4 aliphatic carbocycles. The number of rotatable bonds is 3. The monoisotopic (exact) mass is 318 g/mol. The zero-order valence-corrected chi connectivity index (χ0v) is 14.3. The van der Waals surface area contributed by atoms with Crippen molar-refractivity contribution in [2.45, 2.75) is 64.0 Å². The Morgan fingerprint density at radius 1 is 1.23 bits per heavy atom. The fourth-order valence-electron chi connectivity index (χ4n) is 5.41. The summed E-state index contributed by atoms with van der Waals surface area (Å²) in [6.07, 6.45) is 10.5. The second-order valence-corrected chi connectivity index (χ2v) is 8.45. The molecule has 120 valence electrons. The van der Waals surface area contributed by atoms with Crippen LogP contribution in [0.4, 0.5) is 5.82 Å². The topological polar surface area (TPSA) is 41.9 Å². The summed E-state index contributed by atoms with van der Waals surface area (Å²) < 4.78 is 2.26. The molecule has 4 bridgehead atoms. The maximum Gasteiger partial charge on any atom is 0.172 e. The molecular weight excluding hydrogens is 292 g/mol. The van der Waals surface area contributed by atoms with Gasteiger partial charge >= 0.3 is 0 Å². The van der Waals surface area contributed by atoms with Crippen LogP contribution in [0.25, 0.3) is 0 Å². The number of hydrogen-bond acceptors (Lipinski definition) is 2. The van der Waals surface area contributed by atoms with E-state index in [1.807, 2.05) is 0 Å². The number of nitrogens with zero attached hydrogens (tertiary/aromatic N) is 2. The van der Waals surface area contributed by atoms with Gasteiger partial charge in [-0.2, -0.15) is 5.10 Å². The van der Waals surface area contributed by atoms with Crippen LogP contribution in [0.15, 0.2) is 12.3 Å². The van der Waals surface area contributed by atoms with Gasteiger partial charge in [-0.25, -0.2) is 0 Å². The van der Waals surface area contributed by atoms with Gasteiger partial charge in [0.25, 0.3) is 0 Å². The van der Waals surface area contributed by atoms with Crippen molar-refractivity contribution in [2.24, 2.45) is 17.8 Å². The van der Waals surface area contributed by atoms with E-state index in [9.17, 15) is 0 Å². The Labute approximate surface area is 138 Å². The SMILES string of the molecule is CC(C)NC(=S)Nc1ccn(C23CC4CC(CC(C4)C2)C3)n1. The molecule has 0 aliphatic heterocycles. The minimum absolute atomic E-state index is 0.293. The van der Waals surface area contributed by atoms with E-state index in [4.69, 9.17) is 17.3 Å². The first kappa shape index (κ1) is 14.5. The summed E-state index contributed by atoms with van der Waals surface area (Å²) in [5, 5.41) is 11.9. The molecule has 1 aromatic heterocycles. The van der Waals surface area contributed by atoms with E-state index in [-0.39, 0.29) is 0 Å². The highest BCUT2D eigenvalue weighted by molar-refractivity contribution is 7.80. The molecule has 0 aromatic carbocycles. The van der Waals surface area contributed by atoms with Crippen LogP contribution >= 0.6 is 12.2 Å². The quantitative estimate of drug-likeness (QED) is 0.837. The predicted molar refractivity (Wildman–Crippen MR) is 92.9 cm³/mol. The lowest BCUT2D eigenvalue weighted by molar-refractivity contribution is -0.0492. The van der Waals surface area contributed by atoms with Crippen LogP contribution in [0.2, 0.25) is 0 Å². The first-order valence-electron chi connectivity index (χ1n) is 8.66. The molecule has 0 amide bonds. The summed E-state index contributed by atoms with van der Waals surface area (Å²) in [6, 6.07) is 2.40. The summed E-state index contributed by atoms with van der Waals surface area (Å²) >= 11 is 5.32. The molecule has 4 fully saturated rings. The minimum atomic E-state index is 0.293. The molecular formula is C17H26N4S. The summed E-state index contributed by atoms with van der Waals surface area (Å²) in [5.74, 6) is 3.69. The fraction of sp³-hybridized carbons (Fsp3) is 0.765. The van der Waals surface area contributed by atoms with E-state index in [1.54, 1.807) is 0 Å². The molecule has 5 heteroatoms. The van der Waals surface area contributed by atoms with Crippen molar-refractivity contribution in [3.8, 4) is 0 Å². The Morgan fingerprint density at radius 3 is 2.36 bits per heavy atom. The molecule has 0 radical (unpaired) electrons. The average Bonchev–Trinajstić information content (AvgIpc) is 2.85. The Kier molecular flexibility index (Phi) is 3.44. The molecule has 4 aliphatic rings. The lowest BCUT2D eigenvalue weighted by Crippen LogP contribution is -2.52. The number of hydrogen-bond donors (Lipinski definition) is 2. The van der Waals surface area contributed by atoms with Crippen LogP contribution in [-0.2, 0) is 5.54 Å². The second-order valence-electron chi connectivity index (χ2n) is 8.04. The third-order valence-electron chi connectivity index (χ3n) is 5.74. The number of aromatic nitrogens is 2. The van der Waals surface area contributed by atoms with E-state index in [1.165, 1.54) is 38.5 Å². The smallest absolute Gasteiger partial charge is 0.172 e. The molecule has 4 nitrogen and oxygen atoms in total.